The summed E-state index contributed by atoms with van der Waals surface area (Å²) in [6.07, 6.45) is 6.76. The highest BCUT2D eigenvalue weighted by Gasteiger charge is 2.29. The molecule has 0 amide bonds. The highest BCUT2D eigenvalue weighted by Crippen LogP contribution is 2.40. The van der Waals surface area contributed by atoms with Crippen LogP contribution in [-0.4, -0.2) is 23.3 Å². The summed E-state index contributed by atoms with van der Waals surface area (Å²) in [5.41, 5.74) is 5.94. The molecule has 0 saturated heterocycles. The predicted octanol–water partition coefficient (Wildman–Crippen LogP) is 6.59. The molecule has 1 aliphatic rings. The average molecular weight is 401 g/mol. The Morgan fingerprint density at radius 1 is 1.17 bits per heavy atom. The zero-order valence-electron chi connectivity index (χ0n) is 18.3. The summed E-state index contributed by atoms with van der Waals surface area (Å²) in [7, 11) is 0. The van der Waals surface area contributed by atoms with Gasteiger partial charge in [0.25, 0.3) is 0 Å². The molecule has 0 fully saturated rings. The van der Waals surface area contributed by atoms with Crippen LogP contribution in [0.4, 0.5) is 0 Å². The Balaban J connectivity index is 1.83. The molecule has 0 saturated carbocycles. The van der Waals surface area contributed by atoms with E-state index in [1.165, 1.54) is 16.7 Å². The first-order chi connectivity index (χ1) is 14.5. The van der Waals surface area contributed by atoms with E-state index in [2.05, 4.69) is 66.6 Å². The topological polar surface area (TPSA) is 24.8 Å². The van der Waals surface area contributed by atoms with Gasteiger partial charge in [0.1, 0.15) is 5.75 Å². The van der Waals surface area contributed by atoms with Gasteiger partial charge in [-0.2, -0.15) is 0 Å². The van der Waals surface area contributed by atoms with Gasteiger partial charge in [0, 0.05) is 30.1 Å². The molecule has 0 spiro atoms. The van der Waals surface area contributed by atoms with E-state index >= 15 is 0 Å². The molecule has 0 aliphatic carbocycles. The molecule has 1 unspecified atom stereocenters. The Kier molecular flexibility index (Phi) is 7.29. The van der Waals surface area contributed by atoms with Crippen molar-refractivity contribution in [2.75, 3.05) is 6.54 Å². The molecule has 3 nitrogen and oxygen atoms in total. The summed E-state index contributed by atoms with van der Waals surface area (Å²) < 4.78 is 5.83. The van der Waals surface area contributed by atoms with Gasteiger partial charge in [0.2, 0.25) is 0 Å². The second kappa shape index (κ2) is 10.1. The minimum atomic E-state index is 0.167. The number of fused-ring (bicyclic) bond motifs is 1. The number of hydrogen-bond acceptors (Lipinski definition) is 3. The lowest BCUT2D eigenvalue weighted by molar-refractivity contribution is 0.242. The van der Waals surface area contributed by atoms with Crippen LogP contribution in [0, 0.1) is 0 Å². The number of aliphatic imine (C=N–C) groups is 1. The van der Waals surface area contributed by atoms with Gasteiger partial charge < -0.3 is 9.64 Å². The van der Waals surface area contributed by atoms with Gasteiger partial charge in [0.15, 0.2) is 0 Å². The number of nitrogens with zero attached hydrogens (tertiary/aromatic N) is 2. The Labute approximate surface area is 181 Å². The standard InChI is InChI=1S/C27H32N2O/c1-6-7-10-21(4)28-18-17-27(23-13-15-25(16-14-23)30-20(2)3)29-19-24-11-8-9-12-26(24)22(29)5/h6-16,20,27H,1,5,17-19H2,2-4H3/b10-7-,28-21?. The first-order valence-corrected chi connectivity index (χ1v) is 10.6. The van der Waals surface area contributed by atoms with Crippen molar-refractivity contribution in [3.63, 3.8) is 0 Å². The minimum absolute atomic E-state index is 0.167. The van der Waals surface area contributed by atoms with Crippen molar-refractivity contribution in [1.29, 1.82) is 0 Å². The van der Waals surface area contributed by atoms with Crippen molar-refractivity contribution < 1.29 is 4.74 Å². The zero-order valence-corrected chi connectivity index (χ0v) is 18.3. The third-order valence-electron chi connectivity index (χ3n) is 5.27. The Bertz CT molecular complexity index is 938. The lowest BCUT2D eigenvalue weighted by Crippen LogP contribution is -2.23. The summed E-state index contributed by atoms with van der Waals surface area (Å²) in [6, 6.07) is 17.2. The molecule has 2 aromatic rings. The molecule has 1 heterocycles. The van der Waals surface area contributed by atoms with Crippen LogP contribution in [0.25, 0.3) is 5.70 Å². The first-order valence-electron chi connectivity index (χ1n) is 10.6. The number of ether oxygens (including phenoxy) is 1. The lowest BCUT2D eigenvalue weighted by Gasteiger charge is -2.31. The fraction of sp³-hybridized carbons (Fsp3) is 0.296. The van der Waals surface area contributed by atoms with Crippen molar-refractivity contribution in [1.82, 2.24) is 4.90 Å². The number of benzene rings is 2. The summed E-state index contributed by atoms with van der Waals surface area (Å²) in [5, 5.41) is 0. The number of hydrogen-bond donors (Lipinski definition) is 0. The van der Waals surface area contributed by atoms with Crippen molar-refractivity contribution in [3.05, 3.63) is 96.6 Å². The van der Waals surface area contributed by atoms with Crippen LogP contribution < -0.4 is 4.74 Å². The zero-order chi connectivity index (χ0) is 21.5. The van der Waals surface area contributed by atoms with Gasteiger partial charge in [0.05, 0.1) is 12.1 Å². The Morgan fingerprint density at radius 3 is 2.57 bits per heavy atom. The molecule has 0 radical (unpaired) electrons. The van der Waals surface area contributed by atoms with Crippen LogP contribution in [0.2, 0.25) is 0 Å². The van der Waals surface area contributed by atoms with E-state index in [0.717, 1.165) is 36.7 Å². The van der Waals surface area contributed by atoms with Gasteiger partial charge in [-0.1, -0.05) is 61.7 Å². The second-order valence-electron chi connectivity index (χ2n) is 7.89. The van der Waals surface area contributed by atoms with Crippen LogP contribution in [0.3, 0.4) is 0 Å². The van der Waals surface area contributed by atoms with Crippen LogP contribution in [-0.2, 0) is 6.54 Å². The maximum Gasteiger partial charge on any atom is 0.119 e. The fourth-order valence-corrected chi connectivity index (χ4v) is 3.84. The fourth-order valence-electron chi connectivity index (χ4n) is 3.84. The highest BCUT2D eigenvalue weighted by atomic mass is 16.5. The SMILES string of the molecule is C=C/C=C\C(C)=NCCC(c1ccc(OC(C)C)cc1)N1Cc2ccccc2C1=C. The van der Waals surface area contributed by atoms with Gasteiger partial charge in [-0.15, -0.1) is 0 Å². The van der Waals surface area contributed by atoms with Gasteiger partial charge in [-0.05, 0) is 56.5 Å². The van der Waals surface area contributed by atoms with Crippen molar-refractivity contribution >= 4 is 11.4 Å². The molecular formula is C27H32N2O. The normalized spacial score (nSPS) is 15.0. The van der Waals surface area contributed by atoms with Crippen molar-refractivity contribution in [2.24, 2.45) is 4.99 Å². The molecule has 1 aliphatic heterocycles. The van der Waals surface area contributed by atoms with E-state index in [1.54, 1.807) is 6.08 Å². The van der Waals surface area contributed by atoms with Crippen molar-refractivity contribution in [2.45, 2.75) is 45.9 Å². The molecule has 1 atom stereocenters. The molecule has 30 heavy (non-hydrogen) atoms. The highest BCUT2D eigenvalue weighted by molar-refractivity contribution is 5.92. The summed E-state index contributed by atoms with van der Waals surface area (Å²) in [6.45, 7) is 15.9. The first kappa shape index (κ1) is 21.6. The second-order valence-corrected chi connectivity index (χ2v) is 7.89. The third kappa shape index (κ3) is 5.29. The summed E-state index contributed by atoms with van der Waals surface area (Å²) in [4.78, 5) is 7.14. The summed E-state index contributed by atoms with van der Waals surface area (Å²) in [5.74, 6) is 0.902. The van der Waals surface area contributed by atoms with E-state index in [4.69, 9.17) is 9.73 Å². The minimum Gasteiger partial charge on any atom is -0.491 e. The number of rotatable bonds is 9. The van der Waals surface area contributed by atoms with Crippen molar-refractivity contribution in [3.8, 4) is 5.75 Å². The summed E-state index contributed by atoms with van der Waals surface area (Å²) >= 11 is 0. The van der Waals surface area contributed by atoms with Crippen LogP contribution in [0.5, 0.6) is 5.75 Å². The maximum atomic E-state index is 5.83. The molecule has 0 aromatic heterocycles. The monoisotopic (exact) mass is 400 g/mol. The molecule has 0 N–H and O–H groups in total. The van der Waals surface area contributed by atoms with Gasteiger partial charge in [-0.3, -0.25) is 4.99 Å². The van der Waals surface area contributed by atoms with E-state index in [1.807, 2.05) is 32.9 Å². The third-order valence-corrected chi connectivity index (χ3v) is 5.27. The molecular weight excluding hydrogens is 368 g/mol. The molecule has 3 heteroatoms. The van der Waals surface area contributed by atoms with E-state index in [0.29, 0.717) is 0 Å². The predicted molar refractivity (Wildman–Crippen MR) is 128 cm³/mol. The van der Waals surface area contributed by atoms with E-state index < -0.39 is 0 Å². The largest absolute Gasteiger partial charge is 0.491 e. The molecule has 0 bridgehead atoms. The van der Waals surface area contributed by atoms with Crippen LogP contribution >= 0.6 is 0 Å². The van der Waals surface area contributed by atoms with Crippen LogP contribution in [0.1, 0.15) is 49.9 Å². The van der Waals surface area contributed by atoms with Gasteiger partial charge in [-0.25, -0.2) is 0 Å². The molecule has 3 rings (SSSR count). The Morgan fingerprint density at radius 2 is 1.90 bits per heavy atom. The van der Waals surface area contributed by atoms with E-state index in [9.17, 15) is 0 Å². The number of allylic oxidation sites excluding steroid dienone is 3. The quantitative estimate of drug-likeness (QED) is 0.350. The lowest BCUT2D eigenvalue weighted by atomic mass is 10.0. The maximum absolute atomic E-state index is 5.83. The Hall–Kier alpha value is -3.07. The van der Waals surface area contributed by atoms with Crippen LogP contribution in [0.15, 0.2) is 84.9 Å². The molecule has 2 aromatic carbocycles. The van der Waals surface area contributed by atoms with E-state index in [-0.39, 0.29) is 12.1 Å². The molecule has 156 valence electrons. The van der Waals surface area contributed by atoms with Gasteiger partial charge >= 0.3 is 0 Å². The smallest absolute Gasteiger partial charge is 0.119 e. The average Bonchev–Trinajstić information content (AvgIpc) is 3.06.